The number of pyridine rings is 1. The van der Waals surface area contributed by atoms with Gasteiger partial charge in [-0.15, -0.1) is 0 Å². The van der Waals surface area contributed by atoms with Gasteiger partial charge in [-0.25, -0.2) is 0 Å². The fourth-order valence-electron chi connectivity index (χ4n) is 2.55. The maximum Gasteiger partial charge on any atom is 0.0705 e. The molecular weight excluding hydrogens is 196 g/mol. The smallest absolute Gasteiger partial charge is 0.0705 e. The standard InChI is InChI=1S/C14H16N2/c1-2-9-15-13(7-1)11-5-3-8-14-12(11)6-4-10-16-14/h3-6,8,10,13,15H,1-2,7,9H2/t13-/m0/s1. The summed E-state index contributed by atoms with van der Waals surface area (Å²) < 4.78 is 0. The van der Waals surface area contributed by atoms with Gasteiger partial charge < -0.3 is 5.32 Å². The lowest BCUT2D eigenvalue weighted by Gasteiger charge is -2.24. The summed E-state index contributed by atoms with van der Waals surface area (Å²) in [5.74, 6) is 0. The second-order valence-corrected chi connectivity index (χ2v) is 4.42. The van der Waals surface area contributed by atoms with Crippen LogP contribution < -0.4 is 5.32 Å². The number of benzene rings is 1. The van der Waals surface area contributed by atoms with E-state index in [2.05, 4.69) is 34.6 Å². The van der Waals surface area contributed by atoms with Crippen molar-refractivity contribution in [2.75, 3.05) is 6.54 Å². The summed E-state index contributed by atoms with van der Waals surface area (Å²) in [6, 6.07) is 11.1. The van der Waals surface area contributed by atoms with Crippen LogP contribution in [0.25, 0.3) is 10.9 Å². The highest BCUT2D eigenvalue weighted by atomic mass is 14.9. The molecule has 2 aromatic rings. The Labute approximate surface area is 95.7 Å². The van der Waals surface area contributed by atoms with Crippen LogP contribution in [0.15, 0.2) is 36.5 Å². The Bertz CT molecular complexity index is 482. The number of aromatic nitrogens is 1. The van der Waals surface area contributed by atoms with Crippen LogP contribution >= 0.6 is 0 Å². The molecule has 2 heterocycles. The van der Waals surface area contributed by atoms with Gasteiger partial charge in [-0.05, 0) is 37.1 Å². The summed E-state index contributed by atoms with van der Waals surface area (Å²) in [5, 5.41) is 4.90. The zero-order valence-electron chi connectivity index (χ0n) is 9.32. The molecule has 1 aliphatic rings. The van der Waals surface area contributed by atoms with Gasteiger partial charge in [0.05, 0.1) is 5.52 Å². The third-order valence-corrected chi connectivity index (χ3v) is 3.37. The molecule has 1 aromatic carbocycles. The molecule has 16 heavy (non-hydrogen) atoms. The van der Waals surface area contributed by atoms with Gasteiger partial charge in [-0.1, -0.05) is 24.6 Å². The van der Waals surface area contributed by atoms with Gasteiger partial charge in [0, 0.05) is 17.6 Å². The molecule has 0 radical (unpaired) electrons. The summed E-state index contributed by atoms with van der Waals surface area (Å²) in [7, 11) is 0. The van der Waals surface area contributed by atoms with Crippen molar-refractivity contribution in [1.82, 2.24) is 10.3 Å². The molecule has 0 amide bonds. The van der Waals surface area contributed by atoms with Gasteiger partial charge >= 0.3 is 0 Å². The molecule has 0 unspecified atom stereocenters. The van der Waals surface area contributed by atoms with E-state index in [9.17, 15) is 0 Å². The normalized spacial score (nSPS) is 21.1. The number of rotatable bonds is 1. The van der Waals surface area contributed by atoms with Crippen LogP contribution in [0.4, 0.5) is 0 Å². The van der Waals surface area contributed by atoms with Gasteiger partial charge in [0.15, 0.2) is 0 Å². The molecule has 1 aliphatic heterocycles. The van der Waals surface area contributed by atoms with Crippen molar-refractivity contribution in [3.63, 3.8) is 0 Å². The molecule has 1 fully saturated rings. The van der Waals surface area contributed by atoms with Crippen molar-refractivity contribution < 1.29 is 0 Å². The zero-order valence-corrected chi connectivity index (χ0v) is 9.32. The van der Waals surface area contributed by atoms with Crippen molar-refractivity contribution in [1.29, 1.82) is 0 Å². The molecule has 3 rings (SSSR count). The number of nitrogens with zero attached hydrogens (tertiary/aromatic N) is 1. The Morgan fingerprint density at radius 3 is 3.00 bits per heavy atom. The van der Waals surface area contributed by atoms with E-state index in [0.717, 1.165) is 12.1 Å². The van der Waals surface area contributed by atoms with Crippen LogP contribution in [0, 0.1) is 0 Å². The van der Waals surface area contributed by atoms with E-state index in [4.69, 9.17) is 0 Å². The van der Waals surface area contributed by atoms with Crippen molar-refractivity contribution in [3.8, 4) is 0 Å². The van der Waals surface area contributed by atoms with Gasteiger partial charge in [-0.3, -0.25) is 4.98 Å². The van der Waals surface area contributed by atoms with Gasteiger partial charge in [-0.2, -0.15) is 0 Å². The molecule has 1 N–H and O–H groups in total. The van der Waals surface area contributed by atoms with Crippen LogP contribution in [0.5, 0.6) is 0 Å². The average Bonchev–Trinajstić information content (AvgIpc) is 2.39. The predicted octanol–water partition coefficient (Wildman–Crippen LogP) is 3.05. The fraction of sp³-hybridized carbons (Fsp3) is 0.357. The summed E-state index contributed by atoms with van der Waals surface area (Å²) in [5.41, 5.74) is 2.51. The maximum atomic E-state index is 4.41. The molecule has 2 heteroatoms. The Balaban J connectivity index is 2.08. The third kappa shape index (κ3) is 1.69. The van der Waals surface area contributed by atoms with E-state index in [-0.39, 0.29) is 0 Å². The molecule has 0 bridgehead atoms. The molecule has 0 spiro atoms. The number of piperidine rings is 1. The summed E-state index contributed by atoms with van der Waals surface area (Å²) in [4.78, 5) is 4.41. The zero-order chi connectivity index (χ0) is 10.8. The molecular formula is C14H16N2. The van der Waals surface area contributed by atoms with Gasteiger partial charge in [0.2, 0.25) is 0 Å². The Kier molecular flexibility index (Phi) is 2.58. The number of hydrogen-bond acceptors (Lipinski definition) is 2. The summed E-state index contributed by atoms with van der Waals surface area (Å²) >= 11 is 0. The average molecular weight is 212 g/mol. The van der Waals surface area contributed by atoms with Crippen LogP contribution in [-0.4, -0.2) is 11.5 Å². The molecule has 82 valence electrons. The minimum Gasteiger partial charge on any atom is -0.310 e. The second-order valence-electron chi connectivity index (χ2n) is 4.42. The van der Waals surface area contributed by atoms with Gasteiger partial charge in [0.1, 0.15) is 0 Å². The quantitative estimate of drug-likeness (QED) is 0.786. The van der Waals surface area contributed by atoms with Crippen molar-refractivity contribution >= 4 is 10.9 Å². The predicted molar refractivity (Wildman–Crippen MR) is 66.3 cm³/mol. The van der Waals surface area contributed by atoms with E-state index in [1.165, 1.54) is 30.2 Å². The first-order valence-electron chi connectivity index (χ1n) is 6.02. The van der Waals surface area contributed by atoms with E-state index in [0.29, 0.717) is 6.04 Å². The minimum atomic E-state index is 0.515. The minimum absolute atomic E-state index is 0.515. The van der Waals surface area contributed by atoms with Crippen LogP contribution in [0.1, 0.15) is 30.9 Å². The highest BCUT2D eigenvalue weighted by Crippen LogP contribution is 2.28. The first-order valence-corrected chi connectivity index (χ1v) is 6.02. The first kappa shape index (κ1) is 9.79. The number of nitrogens with one attached hydrogen (secondary N) is 1. The van der Waals surface area contributed by atoms with Crippen molar-refractivity contribution in [2.24, 2.45) is 0 Å². The number of fused-ring (bicyclic) bond motifs is 1. The topological polar surface area (TPSA) is 24.9 Å². The van der Waals surface area contributed by atoms with Gasteiger partial charge in [0.25, 0.3) is 0 Å². The molecule has 0 saturated carbocycles. The third-order valence-electron chi connectivity index (χ3n) is 3.37. The number of hydrogen-bond donors (Lipinski definition) is 1. The molecule has 0 aliphatic carbocycles. The maximum absolute atomic E-state index is 4.41. The lowest BCUT2D eigenvalue weighted by atomic mass is 9.94. The van der Waals surface area contributed by atoms with Crippen LogP contribution in [0.2, 0.25) is 0 Å². The fourth-order valence-corrected chi connectivity index (χ4v) is 2.55. The van der Waals surface area contributed by atoms with Crippen molar-refractivity contribution in [2.45, 2.75) is 25.3 Å². The monoisotopic (exact) mass is 212 g/mol. The Hall–Kier alpha value is -1.41. The SMILES string of the molecule is c1cc([C@@H]2CCCCN2)c2cccnc2c1. The summed E-state index contributed by atoms with van der Waals surface area (Å²) in [6.45, 7) is 1.14. The summed E-state index contributed by atoms with van der Waals surface area (Å²) in [6.07, 6.45) is 5.74. The molecule has 1 saturated heterocycles. The van der Waals surface area contributed by atoms with E-state index in [1.807, 2.05) is 12.3 Å². The lowest BCUT2D eigenvalue weighted by molar-refractivity contribution is 0.414. The second kappa shape index (κ2) is 4.22. The lowest BCUT2D eigenvalue weighted by Crippen LogP contribution is -2.26. The first-order chi connectivity index (χ1) is 7.95. The Morgan fingerprint density at radius 2 is 2.12 bits per heavy atom. The molecule has 1 atom stereocenters. The van der Waals surface area contributed by atoms with E-state index >= 15 is 0 Å². The van der Waals surface area contributed by atoms with Crippen molar-refractivity contribution in [3.05, 3.63) is 42.1 Å². The highest BCUT2D eigenvalue weighted by molar-refractivity contribution is 5.82. The largest absolute Gasteiger partial charge is 0.310 e. The van der Waals surface area contributed by atoms with E-state index in [1.54, 1.807) is 0 Å². The van der Waals surface area contributed by atoms with Crippen LogP contribution in [0.3, 0.4) is 0 Å². The van der Waals surface area contributed by atoms with Crippen LogP contribution in [-0.2, 0) is 0 Å². The Morgan fingerprint density at radius 1 is 1.12 bits per heavy atom. The molecule has 2 nitrogen and oxygen atoms in total. The highest BCUT2D eigenvalue weighted by Gasteiger charge is 2.16. The molecule has 1 aromatic heterocycles. The van der Waals surface area contributed by atoms with E-state index < -0.39 is 0 Å².